The second-order valence-electron chi connectivity index (χ2n) is 6.18. The Balaban J connectivity index is 1.73. The Morgan fingerprint density at radius 2 is 1.81 bits per heavy atom. The second kappa shape index (κ2) is 8.31. The van der Waals surface area contributed by atoms with E-state index in [1.54, 1.807) is 13.2 Å². The molecule has 0 atom stereocenters. The fraction of sp³-hybridized carbons (Fsp3) is 0.190. The zero-order valence-electron chi connectivity index (χ0n) is 15.3. The van der Waals surface area contributed by atoms with Crippen LogP contribution in [-0.2, 0) is 17.9 Å². The maximum atomic E-state index is 12.2. The van der Waals surface area contributed by atoms with Gasteiger partial charge in [0.05, 0.1) is 12.8 Å². The highest BCUT2D eigenvalue weighted by molar-refractivity contribution is 5.75. The molecule has 0 bridgehead atoms. The van der Waals surface area contributed by atoms with Crippen molar-refractivity contribution in [1.82, 2.24) is 15.1 Å². The molecule has 0 radical (unpaired) electrons. The van der Waals surface area contributed by atoms with Gasteiger partial charge in [0.2, 0.25) is 5.91 Å². The minimum atomic E-state index is -0.334. The molecule has 1 amide bonds. The Hall–Kier alpha value is -3.41. The Morgan fingerprint density at radius 1 is 1.07 bits per heavy atom. The number of carbonyl (C=O) groups excluding carboxylic acids is 1. The van der Waals surface area contributed by atoms with Gasteiger partial charge in [0.15, 0.2) is 0 Å². The quantitative estimate of drug-likeness (QED) is 0.730. The number of aromatic nitrogens is 2. The van der Waals surface area contributed by atoms with Crippen molar-refractivity contribution in [1.29, 1.82) is 0 Å². The van der Waals surface area contributed by atoms with Crippen LogP contribution in [0.5, 0.6) is 5.75 Å². The molecule has 138 valence electrons. The molecular weight excluding hydrogens is 342 g/mol. The normalized spacial score (nSPS) is 10.4. The fourth-order valence-electron chi connectivity index (χ4n) is 2.66. The molecule has 6 heteroatoms. The number of nitrogens with one attached hydrogen (secondary N) is 1. The first-order valence-electron chi connectivity index (χ1n) is 8.60. The van der Waals surface area contributed by atoms with Gasteiger partial charge in [-0.2, -0.15) is 5.10 Å². The van der Waals surface area contributed by atoms with Crippen LogP contribution in [0.2, 0.25) is 0 Å². The van der Waals surface area contributed by atoms with Crippen molar-refractivity contribution in [3.8, 4) is 17.0 Å². The molecular formula is C21H21N3O3. The summed E-state index contributed by atoms with van der Waals surface area (Å²) >= 11 is 0. The van der Waals surface area contributed by atoms with Gasteiger partial charge in [-0.25, -0.2) is 4.68 Å². The molecule has 2 aromatic carbocycles. The van der Waals surface area contributed by atoms with Crippen molar-refractivity contribution in [2.75, 3.05) is 7.11 Å². The van der Waals surface area contributed by atoms with Crippen LogP contribution >= 0.6 is 0 Å². The first-order chi connectivity index (χ1) is 13.1. The summed E-state index contributed by atoms with van der Waals surface area (Å²) in [5.41, 5.74) is 3.15. The molecule has 6 nitrogen and oxygen atoms in total. The molecule has 27 heavy (non-hydrogen) atoms. The molecule has 3 aromatic rings. The van der Waals surface area contributed by atoms with Crippen LogP contribution in [0.3, 0.4) is 0 Å². The van der Waals surface area contributed by atoms with Crippen molar-refractivity contribution in [3.63, 3.8) is 0 Å². The zero-order chi connectivity index (χ0) is 19.2. The topological polar surface area (TPSA) is 73.2 Å². The Kier molecular flexibility index (Phi) is 5.66. The van der Waals surface area contributed by atoms with E-state index in [0.717, 1.165) is 21.4 Å². The number of rotatable bonds is 6. The van der Waals surface area contributed by atoms with Crippen LogP contribution in [0.4, 0.5) is 0 Å². The molecule has 1 heterocycles. The number of benzene rings is 2. The van der Waals surface area contributed by atoms with Gasteiger partial charge >= 0.3 is 0 Å². The lowest BCUT2D eigenvalue weighted by Gasteiger charge is -2.10. The van der Waals surface area contributed by atoms with Gasteiger partial charge in [0, 0.05) is 18.2 Å². The number of amides is 1. The van der Waals surface area contributed by atoms with Crippen LogP contribution in [0.1, 0.15) is 11.1 Å². The average Bonchev–Trinajstić information content (AvgIpc) is 2.69. The molecule has 0 spiro atoms. The van der Waals surface area contributed by atoms with E-state index in [2.05, 4.69) is 10.4 Å². The van der Waals surface area contributed by atoms with Crippen LogP contribution < -0.4 is 15.6 Å². The van der Waals surface area contributed by atoms with Crippen molar-refractivity contribution < 1.29 is 9.53 Å². The van der Waals surface area contributed by atoms with Gasteiger partial charge in [-0.05, 0) is 30.7 Å². The van der Waals surface area contributed by atoms with Crippen LogP contribution in [0.15, 0.2) is 65.5 Å². The second-order valence-corrected chi connectivity index (χ2v) is 6.18. The van der Waals surface area contributed by atoms with E-state index >= 15 is 0 Å². The summed E-state index contributed by atoms with van der Waals surface area (Å²) in [5.74, 6) is 0.376. The van der Waals surface area contributed by atoms with Crippen LogP contribution in [0.25, 0.3) is 11.3 Å². The van der Waals surface area contributed by atoms with Crippen molar-refractivity contribution in [2.45, 2.75) is 20.0 Å². The summed E-state index contributed by atoms with van der Waals surface area (Å²) in [7, 11) is 1.58. The molecule has 0 aliphatic rings. The lowest BCUT2D eigenvalue weighted by Crippen LogP contribution is -2.33. The van der Waals surface area contributed by atoms with Crippen molar-refractivity contribution in [2.24, 2.45) is 0 Å². The molecule has 0 saturated heterocycles. The summed E-state index contributed by atoms with van der Waals surface area (Å²) in [4.78, 5) is 24.3. The van der Waals surface area contributed by atoms with E-state index in [4.69, 9.17) is 4.74 Å². The molecule has 0 saturated carbocycles. The third kappa shape index (κ3) is 4.61. The van der Waals surface area contributed by atoms with Gasteiger partial charge < -0.3 is 10.1 Å². The third-order valence-corrected chi connectivity index (χ3v) is 4.15. The van der Waals surface area contributed by atoms with E-state index in [1.165, 1.54) is 6.07 Å². The van der Waals surface area contributed by atoms with E-state index in [1.807, 2.05) is 55.5 Å². The lowest BCUT2D eigenvalue weighted by atomic mass is 10.1. The minimum Gasteiger partial charge on any atom is -0.496 e. The third-order valence-electron chi connectivity index (χ3n) is 4.15. The van der Waals surface area contributed by atoms with Gasteiger partial charge in [-0.3, -0.25) is 9.59 Å². The molecule has 0 aliphatic heterocycles. The number of aryl methyl sites for hydroxylation is 1. The maximum absolute atomic E-state index is 12.2. The monoisotopic (exact) mass is 363 g/mol. The van der Waals surface area contributed by atoms with Crippen molar-refractivity contribution >= 4 is 5.91 Å². The number of ether oxygens (including phenoxy) is 1. The number of para-hydroxylation sites is 1. The van der Waals surface area contributed by atoms with Gasteiger partial charge in [-0.15, -0.1) is 0 Å². The highest BCUT2D eigenvalue weighted by Gasteiger charge is 2.10. The number of hydrogen-bond donors (Lipinski definition) is 1. The van der Waals surface area contributed by atoms with Gasteiger partial charge in [0.25, 0.3) is 5.56 Å². The van der Waals surface area contributed by atoms with Crippen molar-refractivity contribution in [3.05, 3.63) is 82.1 Å². The Bertz CT molecular complexity index is 994. The summed E-state index contributed by atoms with van der Waals surface area (Å²) in [6.07, 6.45) is 0. The predicted molar refractivity (Wildman–Crippen MR) is 104 cm³/mol. The standard InChI is InChI=1S/C21H21N3O3/c1-15-7-9-16(10-8-15)13-22-20(25)14-24-21(26)12-11-18(23-24)17-5-3-4-6-19(17)27-2/h3-12H,13-14H2,1-2H3,(H,22,25). The molecule has 1 aromatic heterocycles. The summed E-state index contributed by atoms with van der Waals surface area (Å²) in [5, 5.41) is 7.13. The first-order valence-corrected chi connectivity index (χ1v) is 8.60. The molecule has 1 N–H and O–H groups in total. The SMILES string of the molecule is COc1ccccc1-c1ccc(=O)n(CC(=O)NCc2ccc(C)cc2)n1. The highest BCUT2D eigenvalue weighted by atomic mass is 16.5. The minimum absolute atomic E-state index is 0.145. The van der Waals surface area contributed by atoms with E-state index in [0.29, 0.717) is 18.0 Å². The molecule has 0 fully saturated rings. The number of hydrogen-bond acceptors (Lipinski definition) is 4. The fourth-order valence-corrected chi connectivity index (χ4v) is 2.66. The number of nitrogens with zero attached hydrogens (tertiary/aromatic N) is 2. The summed E-state index contributed by atoms with van der Waals surface area (Å²) in [6.45, 7) is 2.27. The van der Waals surface area contributed by atoms with E-state index in [-0.39, 0.29) is 18.0 Å². The van der Waals surface area contributed by atoms with E-state index in [9.17, 15) is 9.59 Å². The smallest absolute Gasteiger partial charge is 0.267 e. The zero-order valence-corrected chi connectivity index (χ0v) is 15.3. The summed E-state index contributed by atoms with van der Waals surface area (Å²) in [6, 6.07) is 18.3. The summed E-state index contributed by atoms with van der Waals surface area (Å²) < 4.78 is 6.50. The molecule has 3 rings (SSSR count). The number of methoxy groups -OCH3 is 1. The molecule has 0 aliphatic carbocycles. The van der Waals surface area contributed by atoms with Crippen LogP contribution in [-0.4, -0.2) is 22.8 Å². The first kappa shape index (κ1) is 18.4. The van der Waals surface area contributed by atoms with Crippen LogP contribution in [0, 0.1) is 6.92 Å². The Labute approximate surface area is 157 Å². The van der Waals surface area contributed by atoms with Gasteiger partial charge in [-0.1, -0.05) is 42.0 Å². The average molecular weight is 363 g/mol. The predicted octanol–water partition coefficient (Wildman–Crippen LogP) is 2.54. The van der Waals surface area contributed by atoms with E-state index < -0.39 is 0 Å². The Morgan fingerprint density at radius 3 is 2.56 bits per heavy atom. The number of carbonyl (C=O) groups is 1. The maximum Gasteiger partial charge on any atom is 0.267 e. The largest absolute Gasteiger partial charge is 0.496 e. The lowest BCUT2D eigenvalue weighted by molar-refractivity contribution is -0.122. The highest BCUT2D eigenvalue weighted by Crippen LogP contribution is 2.27. The molecule has 0 unspecified atom stereocenters. The van der Waals surface area contributed by atoms with Gasteiger partial charge in [0.1, 0.15) is 12.3 Å².